The van der Waals surface area contributed by atoms with Crippen molar-refractivity contribution in [2.75, 3.05) is 0 Å². The van der Waals surface area contributed by atoms with E-state index in [1.165, 1.54) is 21.5 Å². The Labute approximate surface area is 400 Å². The van der Waals surface area contributed by atoms with Crippen LogP contribution in [-0.2, 0) is 0 Å². The molecule has 70 heavy (non-hydrogen) atoms. The van der Waals surface area contributed by atoms with E-state index in [1.54, 1.807) is 0 Å². The van der Waals surface area contributed by atoms with Crippen LogP contribution < -0.4 is 0 Å². The highest BCUT2D eigenvalue weighted by atomic mass is 16.3. The van der Waals surface area contributed by atoms with Gasteiger partial charge in [-0.05, 0) is 90.0 Å². The average Bonchev–Trinajstić information content (AvgIpc) is 4.19. The molecule has 0 spiro atoms. The van der Waals surface area contributed by atoms with Crippen LogP contribution in [0.4, 0.5) is 0 Å². The molecule has 0 fully saturated rings. The van der Waals surface area contributed by atoms with Crippen molar-refractivity contribution in [2.24, 2.45) is 0 Å². The molecule has 0 bridgehead atoms. The molecule has 0 saturated heterocycles. The number of rotatable bonds is 6. The van der Waals surface area contributed by atoms with Crippen LogP contribution in [0, 0.1) is 0 Å². The van der Waals surface area contributed by atoms with Crippen molar-refractivity contribution in [3.8, 4) is 56.4 Å². The van der Waals surface area contributed by atoms with Crippen LogP contribution >= 0.6 is 0 Å². The van der Waals surface area contributed by atoms with Gasteiger partial charge in [-0.15, -0.1) is 0 Å². The minimum atomic E-state index is 0.567. The smallest absolute Gasteiger partial charge is 0.164 e. The first-order valence-electron chi connectivity index (χ1n) is 23.6. The minimum absolute atomic E-state index is 0.567. The van der Waals surface area contributed by atoms with E-state index >= 15 is 0 Å². The molecule has 5 heterocycles. The Balaban J connectivity index is 0.971. The fourth-order valence-electron chi connectivity index (χ4n) is 11.0. The lowest BCUT2D eigenvalue weighted by atomic mass is 9.99. The van der Waals surface area contributed by atoms with Gasteiger partial charge in [-0.1, -0.05) is 152 Å². The molecule has 0 radical (unpaired) electrons. The first-order chi connectivity index (χ1) is 34.7. The van der Waals surface area contributed by atoms with E-state index in [2.05, 4.69) is 209 Å². The van der Waals surface area contributed by atoms with Crippen LogP contribution in [0.15, 0.2) is 239 Å². The second kappa shape index (κ2) is 15.0. The highest BCUT2D eigenvalue weighted by molar-refractivity contribution is 6.13. The van der Waals surface area contributed by atoms with Gasteiger partial charge in [0.2, 0.25) is 0 Å². The molecule has 0 unspecified atom stereocenters. The molecule has 0 aliphatic carbocycles. The van der Waals surface area contributed by atoms with E-state index in [0.29, 0.717) is 5.82 Å². The van der Waals surface area contributed by atoms with Crippen LogP contribution in [0.3, 0.4) is 0 Å². The highest BCUT2D eigenvalue weighted by Gasteiger charge is 2.21. The van der Waals surface area contributed by atoms with E-state index < -0.39 is 0 Å². The fourth-order valence-corrected chi connectivity index (χ4v) is 11.0. The third-order valence-electron chi connectivity index (χ3n) is 14.1. The molecule has 0 N–H and O–H groups in total. The molecule has 0 saturated carbocycles. The van der Waals surface area contributed by atoms with Crippen molar-refractivity contribution < 1.29 is 8.83 Å². The SMILES string of the molecule is c1cc(-c2cc(-n3c4ccccc4c4ccccc43)cc(-n3c4ccccc4c4ccccc43)c2)cc(-c2cc(-c3cccc4c3oc3ccccc34)nc(-c3cccc4c3oc3ccccc34)n2)c1. The van der Waals surface area contributed by atoms with Gasteiger partial charge in [0.05, 0.1) is 39.0 Å². The van der Waals surface area contributed by atoms with Gasteiger partial charge in [0.25, 0.3) is 0 Å². The quantitative estimate of drug-likeness (QED) is 0.167. The molecule has 5 aromatic heterocycles. The standard InChI is InChI=1S/C64H38N4O2/c1-7-28-56-44(18-1)45-19-2-8-29-57(45)67(56)42-35-41(36-43(37-42)68-58-30-9-3-20-46(58)47-21-4-10-31-59(47)68)39-16-13-17-40(34-39)54-38-55(52-26-14-24-50-48-22-5-11-32-60(48)69-62(50)52)66-64(65-54)53-27-15-25-51-49-23-6-12-33-61(49)70-63(51)53/h1-38H. The Morgan fingerprint density at radius 1 is 0.286 bits per heavy atom. The van der Waals surface area contributed by atoms with Crippen LogP contribution in [0.25, 0.3) is 144 Å². The topological polar surface area (TPSA) is 61.9 Å². The molecule has 0 amide bonds. The van der Waals surface area contributed by atoms with Gasteiger partial charge >= 0.3 is 0 Å². The normalized spacial score (nSPS) is 12.0. The van der Waals surface area contributed by atoms with Gasteiger partial charge in [-0.3, -0.25) is 0 Å². The summed E-state index contributed by atoms with van der Waals surface area (Å²) in [6, 6.07) is 81.6. The zero-order valence-electron chi connectivity index (χ0n) is 37.5. The summed E-state index contributed by atoms with van der Waals surface area (Å²) in [5, 5.41) is 9.06. The summed E-state index contributed by atoms with van der Waals surface area (Å²) >= 11 is 0. The lowest BCUT2D eigenvalue weighted by Crippen LogP contribution is -2.00. The lowest BCUT2D eigenvalue weighted by Gasteiger charge is -2.16. The third kappa shape index (κ3) is 5.80. The number of aromatic nitrogens is 4. The molecular formula is C64H38N4O2. The van der Waals surface area contributed by atoms with E-state index in [9.17, 15) is 0 Å². The van der Waals surface area contributed by atoms with Crippen molar-refractivity contribution in [3.63, 3.8) is 0 Å². The molecule has 15 aromatic rings. The summed E-state index contributed by atoms with van der Waals surface area (Å²) in [5.41, 5.74) is 16.3. The summed E-state index contributed by atoms with van der Waals surface area (Å²) in [5.74, 6) is 0.567. The lowest BCUT2D eigenvalue weighted by molar-refractivity contribution is 0.669. The van der Waals surface area contributed by atoms with Gasteiger partial charge in [-0.2, -0.15) is 0 Å². The summed E-state index contributed by atoms with van der Waals surface area (Å²) < 4.78 is 18.1. The number of para-hydroxylation sites is 8. The van der Waals surface area contributed by atoms with E-state index in [0.717, 1.165) is 117 Å². The second-order valence-corrected chi connectivity index (χ2v) is 18.1. The van der Waals surface area contributed by atoms with Gasteiger partial charge in [0, 0.05) is 65.6 Å². The molecule has 10 aromatic carbocycles. The number of benzene rings is 10. The highest BCUT2D eigenvalue weighted by Crippen LogP contribution is 2.42. The van der Waals surface area contributed by atoms with Crippen LogP contribution in [0.5, 0.6) is 0 Å². The van der Waals surface area contributed by atoms with Crippen molar-refractivity contribution in [1.82, 2.24) is 19.1 Å². The summed E-state index contributed by atoms with van der Waals surface area (Å²) in [6.07, 6.45) is 0. The Bertz CT molecular complexity index is 4250. The van der Waals surface area contributed by atoms with Crippen LogP contribution in [-0.4, -0.2) is 19.1 Å². The Morgan fingerprint density at radius 2 is 0.700 bits per heavy atom. The maximum atomic E-state index is 6.62. The van der Waals surface area contributed by atoms with Crippen molar-refractivity contribution in [1.29, 1.82) is 0 Å². The first kappa shape index (κ1) is 38.6. The molecule has 0 aliphatic rings. The molecule has 326 valence electrons. The molecule has 0 aliphatic heterocycles. The zero-order chi connectivity index (χ0) is 45.9. The number of nitrogens with zero attached hydrogens (tertiary/aromatic N) is 4. The zero-order valence-corrected chi connectivity index (χ0v) is 37.5. The van der Waals surface area contributed by atoms with Crippen molar-refractivity contribution >= 4 is 87.5 Å². The monoisotopic (exact) mass is 894 g/mol. The molecule has 15 rings (SSSR count). The maximum Gasteiger partial charge on any atom is 0.164 e. The third-order valence-corrected chi connectivity index (χ3v) is 14.1. The summed E-state index contributed by atoms with van der Waals surface area (Å²) in [6.45, 7) is 0. The molecule has 0 atom stereocenters. The van der Waals surface area contributed by atoms with Crippen molar-refractivity contribution in [3.05, 3.63) is 231 Å². The van der Waals surface area contributed by atoms with Crippen LogP contribution in [0.1, 0.15) is 0 Å². The summed E-state index contributed by atoms with van der Waals surface area (Å²) in [4.78, 5) is 10.8. The number of fused-ring (bicyclic) bond motifs is 12. The van der Waals surface area contributed by atoms with Crippen molar-refractivity contribution in [2.45, 2.75) is 0 Å². The van der Waals surface area contributed by atoms with E-state index in [-0.39, 0.29) is 0 Å². The predicted molar refractivity (Wildman–Crippen MR) is 287 cm³/mol. The average molecular weight is 895 g/mol. The number of hydrogen-bond donors (Lipinski definition) is 0. The molecule has 6 heteroatoms. The van der Waals surface area contributed by atoms with Gasteiger partial charge < -0.3 is 18.0 Å². The molecular weight excluding hydrogens is 857 g/mol. The maximum absolute atomic E-state index is 6.62. The largest absolute Gasteiger partial charge is 0.455 e. The fraction of sp³-hybridized carbons (Fsp3) is 0. The molecule has 6 nitrogen and oxygen atoms in total. The Morgan fingerprint density at radius 3 is 1.24 bits per heavy atom. The summed E-state index contributed by atoms with van der Waals surface area (Å²) in [7, 11) is 0. The Hall–Kier alpha value is -9.52. The Kier molecular flexibility index (Phi) is 8.26. The number of furan rings is 2. The van der Waals surface area contributed by atoms with Gasteiger partial charge in [0.1, 0.15) is 22.3 Å². The second-order valence-electron chi connectivity index (χ2n) is 18.1. The van der Waals surface area contributed by atoms with Gasteiger partial charge in [-0.25, -0.2) is 9.97 Å². The van der Waals surface area contributed by atoms with Gasteiger partial charge in [0.15, 0.2) is 5.82 Å². The first-order valence-corrected chi connectivity index (χ1v) is 23.6. The predicted octanol–water partition coefficient (Wildman–Crippen LogP) is 17.1. The number of hydrogen-bond acceptors (Lipinski definition) is 4. The van der Waals surface area contributed by atoms with E-state index in [1.807, 2.05) is 30.3 Å². The van der Waals surface area contributed by atoms with Crippen LogP contribution in [0.2, 0.25) is 0 Å². The minimum Gasteiger partial charge on any atom is -0.455 e. The van der Waals surface area contributed by atoms with E-state index in [4.69, 9.17) is 18.8 Å².